The van der Waals surface area contributed by atoms with E-state index in [0.717, 1.165) is 69.5 Å². The summed E-state index contributed by atoms with van der Waals surface area (Å²) < 4.78 is 0. The molecule has 3 heterocycles. The first-order valence-electron chi connectivity index (χ1n) is 9.46. The molecule has 2 saturated heterocycles. The zero-order valence-electron chi connectivity index (χ0n) is 14.9. The molecule has 1 spiro atoms. The van der Waals surface area contributed by atoms with Crippen LogP contribution in [-0.4, -0.2) is 63.7 Å². The number of H-pyrrole nitrogens is 1. The second-order valence-electron chi connectivity index (χ2n) is 7.79. The summed E-state index contributed by atoms with van der Waals surface area (Å²) in [4.78, 5) is 28.8. The molecule has 0 radical (unpaired) electrons. The van der Waals surface area contributed by atoms with Gasteiger partial charge >= 0.3 is 6.03 Å². The number of hydrogen-bond acceptors (Lipinski definition) is 4. The van der Waals surface area contributed by atoms with Crippen LogP contribution in [0.3, 0.4) is 0 Å². The predicted octanol–water partition coefficient (Wildman–Crippen LogP) is 1.76. The van der Waals surface area contributed by atoms with E-state index < -0.39 is 5.54 Å². The zero-order valence-corrected chi connectivity index (χ0v) is 14.9. The first kappa shape index (κ1) is 16.6. The quantitative estimate of drug-likeness (QED) is 0.815. The second kappa shape index (κ2) is 6.44. The van der Waals surface area contributed by atoms with E-state index in [9.17, 15) is 9.59 Å². The van der Waals surface area contributed by atoms with E-state index >= 15 is 0 Å². The van der Waals surface area contributed by atoms with Gasteiger partial charge in [0.05, 0.1) is 5.69 Å². The molecule has 1 unspecified atom stereocenters. The van der Waals surface area contributed by atoms with Crippen molar-refractivity contribution in [3.05, 3.63) is 17.5 Å². The van der Waals surface area contributed by atoms with Crippen molar-refractivity contribution >= 4 is 11.9 Å². The van der Waals surface area contributed by atoms with Gasteiger partial charge in [-0.2, -0.15) is 5.10 Å². The molecule has 4 rings (SSSR count). The summed E-state index contributed by atoms with van der Waals surface area (Å²) in [6, 6.07) is 1.92. The number of hydrogen-bond donors (Lipinski definition) is 2. The van der Waals surface area contributed by atoms with Crippen molar-refractivity contribution in [1.82, 2.24) is 25.3 Å². The van der Waals surface area contributed by atoms with Gasteiger partial charge in [0.2, 0.25) is 0 Å². The lowest BCUT2D eigenvalue weighted by Crippen LogP contribution is -2.45. The SMILES string of the molecule is Cc1cc(C2CCCN(CCN3C(=O)NC4(CCCC4)C3=O)C2)n[nH]1. The number of imide groups is 1. The lowest BCUT2D eigenvalue weighted by atomic mass is 9.94. The molecule has 3 aliphatic rings. The van der Waals surface area contributed by atoms with Gasteiger partial charge in [0.1, 0.15) is 5.54 Å². The molecule has 136 valence electrons. The summed E-state index contributed by atoms with van der Waals surface area (Å²) in [5.41, 5.74) is 1.63. The molecular formula is C18H27N5O2. The molecule has 1 atom stereocenters. The normalized spacial score (nSPS) is 26.6. The van der Waals surface area contributed by atoms with E-state index in [2.05, 4.69) is 26.5 Å². The molecule has 1 saturated carbocycles. The molecule has 2 aliphatic heterocycles. The summed E-state index contributed by atoms with van der Waals surface area (Å²) in [5.74, 6) is 0.425. The third-order valence-electron chi connectivity index (χ3n) is 5.99. The number of aromatic nitrogens is 2. The van der Waals surface area contributed by atoms with Crippen LogP contribution in [0.15, 0.2) is 6.07 Å². The monoisotopic (exact) mass is 345 g/mol. The molecule has 1 aromatic rings. The minimum absolute atomic E-state index is 0.00788. The van der Waals surface area contributed by atoms with Crippen LogP contribution in [0.2, 0.25) is 0 Å². The van der Waals surface area contributed by atoms with Gasteiger partial charge < -0.3 is 10.2 Å². The number of carbonyl (C=O) groups is 2. The van der Waals surface area contributed by atoms with Gasteiger partial charge in [-0.25, -0.2) is 4.79 Å². The number of piperidine rings is 1. The van der Waals surface area contributed by atoms with Crippen LogP contribution >= 0.6 is 0 Å². The summed E-state index contributed by atoms with van der Waals surface area (Å²) in [7, 11) is 0. The van der Waals surface area contributed by atoms with Gasteiger partial charge in [-0.3, -0.25) is 14.8 Å². The summed E-state index contributed by atoms with van der Waals surface area (Å²) in [5, 5.41) is 10.4. The Balaban J connectivity index is 1.35. The highest BCUT2D eigenvalue weighted by molar-refractivity contribution is 6.07. The van der Waals surface area contributed by atoms with Gasteiger partial charge in [-0.15, -0.1) is 0 Å². The van der Waals surface area contributed by atoms with E-state index in [0.29, 0.717) is 12.5 Å². The van der Waals surface area contributed by atoms with Crippen LogP contribution < -0.4 is 5.32 Å². The first-order valence-corrected chi connectivity index (χ1v) is 9.46. The molecule has 2 N–H and O–H groups in total. The van der Waals surface area contributed by atoms with E-state index in [1.54, 1.807) is 0 Å². The van der Waals surface area contributed by atoms with Crippen LogP contribution in [0.4, 0.5) is 4.79 Å². The van der Waals surface area contributed by atoms with E-state index in [4.69, 9.17) is 0 Å². The van der Waals surface area contributed by atoms with Gasteiger partial charge in [0.15, 0.2) is 0 Å². The topological polar surface area (TPSA) is 81.3 Å². The third-order valence-corrected chi connectivity index (χ3v) is 5.99. The second-order valence-corrected chi connectivity index (χ2v) is 7.79. The molecule has 0 bridgehead atoms. The predicted molar refractivity (Wildman–Crippen MR) is 93.2 cm³/mol. The molecular weight excluding hydrogens is 318 g/mol. The Kier molecular flexibility index (Phi) is 4.27. The Morgan fingerprint density at radius 1 is 1.24 bits per heavy atom. The molecule has 7 nitrogen and oxygen atoms in total. The van der Waals surface area contributed by atoms with E-state index in [-0.39, 0.29) is 11.9 Å². The standard InChI is InChI=1S/C18H27N5O2/c1-13-11-15(21-20-13)14-5-4-8-22(12-14)9-10-23-16(24)18(19-17(23)25)6-2-3-7-18/h11,14H,2-10,12H2,1H3,(H,19,25)(H,20,21). The number of aromatic amines is 1. The Morgan fingerprint density at radius 2 is 2.04 bits per heavy atom. The molecule has 7 heteroatoms. The fraction of sp³-hybridized carbons (Fsp3) is 0.722. The number of nitrogens with one attached hydrogen (secondary N) is 2. The van der Waals surface area contributed by atoms with Crippen LogP contribution in [-0.2, 0) is 4.79 Å². The Labute approximate surface area is 148 Å². The number of carbonyl (C=O) groups excluding carboxylic acids is 2. The van der Waals surface area contributed by atoms with Crippen LogP contribution in [0, 0.1) is 6.92 Å². The number of nitrogens with zero attached hydrogens (tertiary/aromatic N) is 3. The highest BCUT2D eigenvalue weighted by Gasteiger charge is 2.52. The maximum absolute atomic E-state index is 12.7. The van der Waals surface area contributed by atoms with Crippen LogP contribution in [0.25, 0.3) is 0 Å². The Bertz CT molecular complexity index is 664. The van der Waals surface area contributed by atoms with Crippen molar-refractivity contribution in [2.24, 2.45) is 0 Å². The minimum Gasteiger partial charge on any atom is -0.323 e. The van der Waals surface area contributed by atoms with Gasteiger partial charge in [-0.05, 0) is 45.2 Å². The lowest BCUT2D eigenvalue weighted by molar-refractivity contribution is -0.131. The lowest BCUT2D eigenvalue weighted by Gasteiger charge is -2.32. The maximum atomic E-state index is 12.7. The van der Waals surface area contributed by atoms with E-state index in [1.165, 1.54) is 4.90 Å². The van der Waals surface area contributed by atoms with Gasteiger partial charge in [-0.1, -0.05) is 12.8 Å². The van der Waals surface area contributed by atoms with Crippen molar-refractivity contribution in [2.75, 3.05) is 26.2 Å². The fourth-order valence-corrected chi connectivity index (χ4v) is 4.59. The van der Waals surface area contributed by atoms with E-state index in [1.807, 2.05) is 6.92 Å². The Morgan fingerprint density at radius 3 is 2.76 bits per heavy atom. The highest BCUT2D eigenvalue weighted by Crippen LogP contribution is 2.35. The van der Waals surface area contributed by atoms with Crippen LogP contribution in [0.5, 0.6) is 0 Å². The smallest absolute Gasteiger partial charge is 0.323 e. The van der Waals surface area contributed by atoms with Crippen LogP contribution in [0.1, 0.15) is 55.8 Å². The summed E-state index contributed by atoms with van der Waals surface area (Å²) in [6.07, 6.45) is 5.90. The van der Waals surface area contributed by atoms with Crippen molar-refractivity contribution in [1.29, 1.82) is 0 Å². The number of urea groups is 1. The average Bonchev–Trinajstić information content (AvgIpc) is 3.29. The third kappa shape index (κ3) is 3.05. The zero-order chi connectivity index (χ0) is 17.4. The molecule has 0 aromatic carbocycles. The van der Waals surface area contributed by atoms with Crippen molar-refractivity contribution in [3.8, 4) is 0 Å². The van der Waals surface area contributed by atoms with Crippen molar-refractivity contribution in [3.63, 3.8) is 0 Å². The number of rotatable bonds is 4. The molecule has 3 amide bonds. The van der Waals surface area contributed by atoms with Crippen molar-refractivity contribution < 1.29 is 9.59 Å². The molecule has 1 aliphatic carbocycles. The minimum atomic E-state index is -0.589. The van der Waals surface area contributed by atoms with Crippen molar-refractivity contribution in [2.45, 2.75) is 56.9 Å². The first-order chi connectivity index (χ1) is 12.1. The largest absolute Gasteiger partial charge is 0.325 e. The molecule has 3 fully saturated rings. The highest BCUT2D eigenvalue weighted by atomic mass is 16.2. The molecule has 25 heavy (non-hydrogen) atoms. The van der Waals surface area contributed by atoms with Gasteiger partial charge in [0, 0.05) is 31.2 Å². The number of amides is 3. The number of likely N-dealkylation sites (tertiary alicyclic amines) is 1. The molecule has 1 aromatic heterocycles. The Hall–Kier alpha value is -1.89. The van der Waals surface area contributed by atoms with Gasteiger partial charge in [0.25, 0.3) is 5.91 Å². The average molecular weight is 345 g/mol. The summed E-state index contributed by atoms with van der Waals surface area (Å²) in [6.45, 7) is 5.22. The fourth-order valence-electron chi connectivity index (χ4n) is 4.59. The maximum Gasteiger partial charge on any atom is 0.325 e. The number of aryl methyl sites for hydroxylation is 1. The summed E-state index contributed by atoms with van der Waals surface area (Å²) >= 11 is 0.